The molecule has 0 aliphatic carbocycles. The molecule has 1 unspecified atom stereocenters. The first kappa shape index (κ1) is 13.5. The molecule has 0 fully saturated rings. The Labute approximate surface area is 106 Å². The van der Waals surface area contributed by atoms with Gasteiger partial charge in [0.05, 0.1) is 0 Å². The number of aliphatic hydroxyl groups excluding tert-OH is 1. The average molecular weight is 274 g/mol. The van der Waals surface area contributed by atoms with E-state index in [1.165, 1.54) is 12.1 Å². The molecule has 0 saturated carbocycles. The summed E-state index contributed by atoms with van der Waals surface area (Å²) in [6.45, 7) is 0. The molecule has 2 aromatic rings. The molecule has 0 bridgehead atoms. The van der Waals surface area contributed by atoms with Gasteiger partial charge in [0.15, 0.2) is 0 Å². The van der Waals surface area contributed by atoms with E-state index < -0.39 is 24.4 Å². The summed E-state index contributed by atoms with van der Waals surface area (Å²) in [7, 11) is 0. The lowest BCUT2D eigenvalue weighted by atomic mass is 10.1. The van der Waals surface area contributed by atoms with Crippen molar-refractivity contribution in [2.45, 2.75) is 18.6 Å². The van der Waals surface area contributed by atoms with E-state index in [-0.39, 0.29) is 4.57 Å². The second-order valence-corrected chi connectivity index (χ2v) is 3.86. The van der Waals surface area contributed by atoms with Crippen LogP contribution >= 0.6 is 0 Å². The van der Waals surface area contributed by atoms with Crippen molar-refractivity contribution in [1.29, 1.82) is 0 Å². The van der Waals surface area contributed by atoms with Crippen LogP contribution in [-0.4, -0.2) is 21.1 Å². The molecule has 0 spiro atoms. The SMILES string of the molecule is OC(c1ccccc1)c1nccn1C(F)(F)C(F)F. The summed E-state index contributed by atoms with van der Waals surface area (Å²) in [5.41, 5.74) is 0.292. The Morgan fingerprint density at radius 1 is 1.16 bits per heavy atom. The molecular weight excluding hydrogens is 264 g/mol. The van der Waals surface area contributed by atoms with Crippen LogP contribution in [0.5, 0.6) is 0 Å². The lowest BCUT2D eigenvalue weighted by Crippen LogP contribution is -2.33. The topological polar surface area (TPSA) is 38.1 Å². The van der Waals surface area contributed by atoms with Crippen molar-refractivity contribution in [3.8, 4) is 0 Å². The molecule has 1 aromatic heterocycles. The lowest BCUT2D eigenvalue weighted by molar-refractivity contribution is -0.192. The lowest BCUT2D eigenvalue weighted by Gasteiger charge is -2.21. The third-order valence-corrected chi connectivity index (χ3v) is 2.61. The van der Waals surface area contributed by atoms with E-state index >= 15 is 0 Å². The number of rotatable bonds is 4. The summed E-state index contributed by atoms with van der Waals surface area (Å²) >= 11 is 0. The Balaban J connectivity index is 2.40. The second kappa shape index (κ2) is 5.00. The average Bonchev–Trinajstić information content (AvgIpc) is 2.88. The Bertz CT molecular complexity index is 542. The summed E-state index contributed by atoms with van der Waals surface area (Å²) in [4.78, 5) is 3.54. The predicted molar refractivity (Wildman–Crippen MR) is 58.9 cm³/mol. The van der Waals surface area contributed by atoms with E-state index in [9.17, 15) is 22.7 Å². The third-order valence-electron chi connectivity index (χ3n) is 2.61. The first-order valence-electron chi connectivity index (χ1n) is 5.37. The van der Waals surface area contributed by atoms with Gasteiger partial charge in [0, 0.05) is 12.4 Å². The van der Waals surface area contributed by atoms with E-state index in [4.69, 9.17) is 0 Å². The molecule has 0 radical (unpaired) electrons. The van der Waals surface area contributed by atoms with Crippen molar-refractivity contribution in [2.24, 2.45) is 0 Å². The monoisotopic (exact) mass is 274 g/mol. The maximum atomic E-state index is 13.3. The van der Waals surface area contributed by atoms with Crippen LogP contribution in [0.2, 0.25) is 0 Å². The van der Waals surface area contributed by atoms with Crippen molar-refractivity contribution in [3.63, 3.8) is 0 Å². The first-order chi connectivity index (χ1) is 8.94. The van der Waals surface area contributed by atoms with Crippen molar-refractivity contribution < 1.29 is 22.7 Å². The smallest absolute Gasteiger partial charge is 0.380 e. The molecule has 2 rings (SSSR count). The summed E-state index contributed by atoms with van der Waals surface area (Å²) in [5.74, 6) is -0.531. The Kier molecular flexibility index (Phi) is 3.57. The van der Waals surface area contributed by atoms with Gasteiger partial charge in [-0.3, -0.25) is 4.57 Å². The molecular formula is C12H10F4N2O. The van der Waals surface area contributed by atoms with Crippen molar-refractivity contribution in [2.75, 3.05) is 0 Å². The number of halogens is 4. The molecule has 1 atom stereocenters. The summed E-state index contributed by atoms with van der Waals surface area (Å²) in [6.07, 6.45) is -3.73. The first-order valence-corrected chi connectivity index (χ1v) is 5.37. The van der Waals surface area contributed by atoms with Gasteiger partial charge in [-0.15, -0.1) is 0 Å². The summed E-state index contributed by atoms with van der Waals surface area (Å²) in [6, 6.07) is 3.43. The predicted octanol–water partition coefficient (Wildman–Crippen LogP) is 2.78. The molecule has 0 amide bonds. The van der Waals surface area contributed by atoms with Gasteiger partial charge in [-0.25, -0.2) is 13.8 Å². The van der Waals surface area contributed by atoms with Crippen LogP contribution in [0.25, 0.3) is 0 Å². The maximum Gasteiger partial charge on any atom is 0.390 e. The van der Waals surface area contributed by atoms with Gasteiger partial charge < -0.3 is 5.11 Å². The second-order valence-electron chi connectivity index (χ2n) is 3.86. The minimum absolute atomic E-state index is 0.00463. The highest BCUT2D eigenvalue weighted by atomic mass is 19.3. The number of aliphatic hydroxyl groups is 1. The van der Waals surface area contributed by atoms with Crippen molar-refractivity contribution in [3.05, 3.63) is 54.1 Å². The van der Waals surface area contributed by atoms with Gasteiger partial charge in [-0.1, -0.05) is 30.3 Å². The van der Waals surface area contributed by atoms with Crippen molar-refractivity contribution in [1.82, 2.24) is 9.55 Å². The van der Waals surface area contributed by atoms with Gasteiger partial charge in [0.25, 0.3) is 0 Å². The molecule has 102 valence electrons. The van der Waals surface area contributed by atoms with Crippen LogP contribution in [0.15, 0.2) is 42.7 Å². The quantitative estimate of drug-likeness (QED) is 0.871. The Morgan fingerprint density at radius 2 is 1.79 bits per heavy atom. The largest absolute Gasteiger partial charge is 0.390 e. The number of nitrogens with zero attached hydrogens (tertiary/aromatic N) is 2. The molecule has 1 aromatic carbocycles. The standard InChI is InChI=1S/C12H10F4N2O/c13-11(14)12(15,16)18-7-6-17-10(18)9(19)8-4-2-1-3-5-8/h1-7,9,11,19H. The van der Waals surface area contributed by atoms with E-state index in [1.54, 1.807) is 18.2 Å². The third kappa shape index (κ3) is 2.46. The number of hydrogen-bond donors (Lipinski definition) is 1. The zero-order valence-corrected chi connectivity index (χ0v) is 9.55. The van der Waals surface area contributed by atoms with Gasteiger partial charge in [0.1, 0.15) is 11.9 Å². The molecule has 3 nitrogen and oxygen atoms in total. The molecule has 19 heavy (non-hydrogen) atoms. The highest BCUT2D eigenvalue weighted by Crippen LogP contribution is 2.32. The molecule has 1 heterocycles. The van der Waals surface area contributed by atoms with Crippen LogP contribution in [0.4, 0.5) is 17.6 Å². The van der Waals surface area contributed by atoms with Crippen LogP contribution in [0.1, 0.15) is 17.5 Å². The van der Waals surface area contributed by atoms with Gasteiger partial charge in [-0.05, 0) is 5.56 Å². The summed E-state index contributed by atoms with van der Waals surface area (Å²) in [5, 5.41) is 9.95. The number of benzene rings is 1. The molecule has 0 aliphatic rings. The number of imidazole rings is 1. The van der Waals surface area contributed by atoms with Crippen LogP contribution in [0.3, 0.4) is 0 Å². The maximum absolute atomic E-state index is 13.3. The fourth-order valence-electron chi connectivity index (χ4n) is 1.66. The molecule has 0 saturated heterocycles. The van der Waals surface area contributed by atoms with Gasteiger partial charge in [0.2, 0.25) is 0 Å². The molecule has 1 N–H and O–H groups in total. The number of aromatic nitrogens is 2. The van der Waals surface area contributed by atoms with E-state index in [2.05, 4.69) is 4.98 Å². The minimum Gasteiger partial charge on any atom is -0.380 e. The number of hydrogen-bond acceptors (Lipinski definition) is 2. The van der Waals surface area contributed by atoms with E-state index in [0.717, 1.165) is 6.20 Å². The highest BCUT2D eigenvalue weighted by molar-refractivity contribution is 5.23. The zero-order valence-electron chi connectivity index (χ0n) is 9.55. The van der Waals surface area contributed by atoms with Crippen LogP contribution in [0, 0.1) is 0 Å². The van der Waals surface area contributed by atoms with Gasteiger partial charge in [-0.2, -0.15) is 8.78 Å². The van der Waals surface area contributed by atoms with Crippen LogP contribution in [-0.2, 0) is 6.05 Å². The van der Waals surface area contributed by atoms with Crippen LogP contribution < -0.4 is 0 Å². The van der Waals surface area contributed by atoms with Crippen molar-refractivity contribution >= 4 is 0 Å². The van der Waals surface area contributed by atoms with E-state index in [0.29, 0.717) is 11.8 Å². The summed E-state index contributed by atoms with van der Waals surface area (Å²) < 4.78 is 51.3. The molecule has 0 aliphatic heterocycles. The minimum atomic E-state index is -4.42. The Hall–Kier alpha value is -1.89. The molecule has 7 heteroatoms. The number of alkyl halides is 4. The van der Waals surface area contributed by atoms with Gasteiger partial charge >= 0.3 is 12.5 Å². The highest BCUT2D eigenvalue weighted by Gasteiger charge is 2.45. The fraction of sp³-hybridized carbons (Fsp3) is 0.250. The fourth-order valence-corrected chi connectivity index (χ4v) is 1.66. The van der Waals surface area contributed by atoms with E-state index in [1.807, 2.05) is 0 Å². The normalized spacial score (nSPS) is 13.8. The zero-order chi connectivity index (χ0) is 14.0. The Morgan fingerprint density at radius 3 is 2.37 bits per heavy atom.